The van der Waals surface area contributed by atoms with E-state index in [2.05, 4.69) is 6.92 Å². The first-order valence-electron chi connectivity index (χ1n) is 6.26. The van der Waals surface area contributed by atoms with Gasteiger partial charge in [0.05, 0.1) is 0 Å². The summed E-state index contributed by atoms with van der Waals surface area (Å²) in [4.78, 5) is 24.3. The molecule has 0 aliphatic carbocycles. The van der Waals surface area contributed by atoms with Gasteiger partial charge in [0.1, 0.15) is 5.92 Å². The van der Waals surface area contributed by atoms with E-state index >= 15 is 0 Å². The zero-order valence-electron chi connectivity index (χ0n) is 10.4. The maximum Gasteiger partial charge on any atom is 0.316 e. The minimum Gasteiger partial charge on any atom is -0.481 e. The van der Waals surface area contributed by atoms with Gasteiger partial charge in [0.15, 0.2) is 0 Å². The number of carboxylic acid groups (broad SMARTS) is 1. The number of anilines is 1. The van der Waals surface area contributed by atoms with E-state index in [1.807, 2.05) is 24.3 Å². The van der Waals surface area contributed by atoms with Crippen LogP contribution in [0.2, 0.25) is 0 Å². The van der Waals surface area contributed by atoms with Crippen LogP contribution in [0.1, 0.15) is 25.3 Å². The van der Waals surface area contributed by atoms with Gasteiger partial charge in [-0.15, -0.1) is 0 Å². The van der Waals surface area contributed by atoms with Gasteiger partial charge in [-0.2, -0.15) is 0 Å². The number of hydrogen-bond acceptors (Lipinski definition) is 2. The van der Waals surface area contributed by atoms with Gasteiger partial charge < -0.3 is 10.0 Å². The largest absolute Gasteiger partial charge is 0.481 e. The number of carboxylic acids is 1. The van der Waals surface area contributed by atoms with Gasteiger partial charge in [-0.05, 0) is 30.5 Å². The summed E-state index contributed by atoms with van der Waals surface area (Å²) in [7, 11) is 0. The van der Waals surface area contributed by atoms with Crippen molar-refractivity contribution in [3.8, 4) is 0 Å². The minimum absolute atomic E-state index is 0.300. The van der Waals surface area contributed by atoms with Gasteiger partial charge in [0.25, 0.3) is 0 Å². The first-order chi connectivity index (χ1) is 8.63. The second kappa shape index (κ2) is 5.21. The predicted octanol–water partition coefficient (Wildman–Crippen LogP) is 2.08. The molecule has 4 heteroatoms. The summed E-state index contributed by atoms with van der Waals surface area (Å²) in [6.07, 6.45) is 2.50. The van der Waals surface area contributed by atoms with E-state index in [9.17, 15) is 9.59 Å². The van der Waals surface area contributed by atoms with Crippen LogP contribution in [0.25, 0.3) is 0 Å². The molecular formula is C14H17NO3. The molecule has 2 rings (SSSR count). The Balaban J connectivity index is 2.13. The van der Waals surface area contributed by atoms with Crippen molar-refractivity contribution in [1.29, 1.82) is 0 Å². The average Bonchev–Trinajstić information content (AvgIpc) is 2.73. The predicted molar refractivity (Wildman–Crippen MR) is 68.5 cm³/mol. The topological polar surface area (TPSA) is 57.6 Å². The molecule has 1 aromatic rings. The fourth-order valence-electron chi connectivity index (χ4n) is 2.30. The number of carbonyl (C=O) groups excluding carboxylic acids is 1. The molecular weight excluding hydrogens is 230 g/mol. The lowest BCUT2D eigenvalue weighted by molar-refractivity contribution is -0.144. The maximum absolute atomic E-state index is 11.9. The van der Waals surface area contributed by atoms with E-state index < -0.39 is 11.9 Å². The van der Waals surface area contributed by atoms with Crippen molar-refractivity contribution in [2.24, 2.45) is 5.92 Å². The van der Waals surface area contributed by atoms with Crippen molar-refractivity contribution >= 4 is 17.6 Å². The summed E-state index contributed by atoms with van der Waals surface area (Å²) in [5, 5.41) is 8.91. The van der Waals surface area contributed by atoms with Crippen LogP contribution < -0.4 is 4.90 Å². The van der Waals surface area contributed by atoms with E-state index in [1.165, 1.54) is 5.56 Å². The number of rotatable bonds is 4. The summed E-state index contributed by atoms with van der Waals surface area (Å²) < 4.78 is 0. The number of nitrogens with zero attached hydrogens (tertiary/aromatic N) is 1. The Labute approximate surface area is 106 Å². The van der Waals surface area contributed by atoms with Crippen LogP contribution in [0.3, 0.4) is 0 Å². The van der Waals surface area contributed by atoms with Crippen LogP contribution in [0.5, 0.6) is 0 Å². The lowest BCUT2D eigenvalue weighted by Gasteiger charge is -2.16. The Bertz CT molecular complexity index is 453. The molecule has 18 heavy (non-hydrogen) atoms. The first kappa shape index (κ1) is 12.6. The van der Waals surface area contributed by atoms with E-state index in [0.717, 1.165) is 18.5 Å². The maximum atomic E-state index is 11.9. The Hall–Kier alpha value is -1.84. The van der Waals surface area contributed by atoms with Crippen LogP contribution in [-0.4, -0.2) is 23.5 Å². The molecule has 1 aliphatic rings. The van der Waals surface area contributed by atoms with Gasteiger partial charge >= 0.3 is 5.97 Å². The molecule has 1 aliphatic heterocycles. The third-order valence-corrected chi connectivity index (χ3v) is 3.29. The van der Waals surface area contributed by atoms with Crippen molar-refractivity contribution in [1.82, 2.24) is 0 Å². The van der Waals surface area contributed by atoms with E-state index in [1.54, 1.807) is 4.90 Å². The fourth-order valence-corrected chi connectivity index (χ4v) is 2.30. The number of hydrogen-bond donors (Lipinski definition) is 1. The highest BCUT2D eigenvalue weighted by Crippen LogP contribution is 2.25. The van der Waals surface area contributed by atoms with E-state index in [-0.39, 0.29) is 5.91 Å². The monoisotopic (exact) mass is 247 g/mol. The van der Waals surface area contributed by atoms with Crippen LogP contribution >= 0.6 is 0 Å². The normalized spacial score (nSPS) is 19.3. The van der Waals surface area contributed by atoms with Crippen molar-refractivity contribution in [3.63, 3.8) is 0 Å². The molecule has 1 amide bonds. The molecule has 1 fully saturated rings. The zero-order chi connectivity index (χ0) is 13.1. The number of benzene rings is 1. The van der Waals surface area contributed by atoms with Crippen LogP contribution in [0.4, 0.5) is 5.69 Å². The van der Waals surface area contributed by atoms with Gasteiger partial charge in [-0.25, -0.2) is 0 Å². The minimum atomic E-state index is -1.02. The molecule has 1 heterocycles. The second-order valence-corrected chi connectivity index (χ2v) is 4.59. The van der Waals surface area contributed by atoms with Crippen LogP contribution in [0, 0.1) is 5.92 Å². The molecule has 0 radical (unpaired) electrons. The molecule has 1 N–H and O–H groups in total. The highest BCUT2D eigenvalue weighted by molar-refractivity contribution is 6.07. The zero-order valence-corrected chi connectivity index (χ0v) is 10.4. The van der Waals surface area contributed by atoms with Gasteiger partial charge in [0.2, 0.25) is 5.91 Å². The Morgan fingerprint density at radius 1 is 1.39 bits per heavy atom. The summed E-state index contributed by atoms with van der Waals surface area (Å²) in [5.74, 6) is -2.20. The highest BCUT2D eigenvalue weighted by atomic mass is 16.4. The molecule has 0 aromatic heterocycles. The van der Waals surface area contributed by atoms with E-state index in [4.69, 9.17) is 5.11 Å². The number of amides is 1. The number of aliphatic carboxylic acids is 1. The summed E-state index contributed by atoms with van der Waals surface area (Å²) in [6.45, 7) is 2.61. The SMILES string of the molecule is CCCc1ccc(N2CCC(C(=O)O)C2=O)cc1. The van der Waals surface area contributed by atoms with Crippen molar-refractivity contribution < 1.29 is 14.7 Å². The van der Waals surface area contributed by atoms with Crippen molar-refractivity contribution in [2.75, 3.05) is 11.4 Å². The fraction of sp³-hybridized carbons (Fsp3) is 0.429. The summed E-state index contributed by atoms with van der Waals surface area (Å²) >= 11 is 0. The lowest BCUT2D eigenvalue weighted by atomic mass is 10.1. The van der Waals surface area contributed by atoms with Crippen LogP contribution in [-0.2, 0) is 16.0 Å². The van der Waals surface area contributed by atoms with E-state index in [0.29, 0.717) is 13.0 Å². The van der Waals surface area contributed by atoms with Crippen LogP contribution in [0.15, 0.2) is 24.3 Å². The molecule has 1 aromatic carbocycles. The molecule has 96 valence electrons. The van der Waals surface area contributed by atoms with Gasteiger partial charge in [-0.1, -0.05) is 25.5 Å². The highest BCUT2D eigenvalue weighted by Gasteiger charge is 2.37. The third-order valence-electron chi connectivity index (χ3n) is 3.29. The summed E-state index contributed by atoms with van der Waals surface area (Å²) in [6, 6.07) is 7.79. The Morgan fingerprint density at radius 3 is 2.56 bits per heavy atom. The third kappa shape index (κ3) is 2.37. The van der Waals surface area contributed by atoms with Gasteiger partial charge in [-0.3, -0.25) is 9.59 Å². The molecule has 1 unspecified atom stereocenters. The Kier molecular flexibility index (Phi) is 3.65. The molecule has 1 saturated heterocycles. The Morgan fingerprint density at radius 2 is 2.06 bits per heavy atom. The molecule has 1 atom stereocenters. The standard InChI is InChI=1S/C14H17NO3/c1-2-3-10-4-6-11(7-5-10)15-9-8-12(13(15)16)14(17)18/h4-7,12H,2-3,8-9H2,1H3,(H,17,18). The lowest BCUT2D eigenvalue weighted by Crippen LogP contribution is -2.30. The molecule has 4 nitrogen and oxygen atoms in total. The molecule has 0 saturated carbocycles. The second-order valence-electron chi connectivity index (χ2n) is 4.59. The average molecular weight is 247 g/mol. The first-order valence-corrected chi connectivity index (χ1v) is 6.26. The van der Waals surface area contributed by atoms with Crippen molar-refractivity contribution in [3.05, 3.63) is 29.8 Å². The van der Waals surface area contributed by atoms with Crippen molar-refractivity contribution in [2.45, 2.75) is 26.2 Å². The number of aryl methyl sites for hydroxylation is 1. The smallest absolute Gasteiger partial charge is 0.316 e. The molecule has 0 spiro atoms. The summed E-state index contributed by atoms with van der Waals surface area (Å²) in [5.41, 5.74) is 2.03. The molecule has 0 bridgehead atoms. The quantitative estimate of drug-likeness (QED) is 0.829. The number of carbonyl (C=O) groups is 2. The van der Waals surface area contributed by atoms with Gasteiger partial charge in [0, 0.05) is 12.2 Å².